The fourth-order valence-corrected chi connectivity index (χ4v) is 4.26. The molecule has 1 aliphatic heterocycles. The molecule has 0 aromatic heterocycles. The van der Waals surface area contributed by atoms with Crippen molar-refractivity contribution in [3.05, 3.63) is 47.5 Å². The highest BCUT2D eigenvalue weighted by molar-refractivity contribution is 5.93. The second-order valence-electron chi connectivity index (χ2n) is 8.73. The van der Waals surface area contributed by atoms with E-state index in [9.17, 15) is 14.4 Å². The number of carbonyl (C=O) groups excluding carboxylic acids is 3. The zero-order valence-corrected chi connectivity index (χ0v) is 20.9. The van der Waals surface area contributed by atoms with E-state index in [0.717, 1.165) is 16.7 Å². The molecule has 188 valence electrons. The number of benzene rings is 2. The van der Waals surface area contributed by atoms with Gasteiger partial charge in [0.25, 0.3) is 0 Å². The summed E-state index contributed by atoms with van der Waals surface area (Å²) >= 11 is 0. The average Bonchev–Trinajstić information content (AvgIpc) is 2.85. The Morgan fingerprint density at radius 1 is 0.943 bits per heavy atom. The normalized spacial score (nSPS) is 20.4. The summed E-state index contributed by atoms with van der Waals surface area (Å²) in [5, 5.41) is 8.65. The molecule has 0 aliphatic carbocycles. The minimum Gasteiger partial charge on any atom is -0.496 e. The van der Waals surface area contributed by atoms with Crippen LogP contribution >= 0.6 is 0 Å². The van der Waals surface area contributed by atoms with E-state index in [2.05, 4.69) is 16.0 Å². The van der Waals surface area contributed by atoms with Crippen LogP contribution in [0.2, 0.25) is 0 Å². The van der Waals surface area contributed by atoms with E-state index in [-0.39, 0.29) is 18.2 Å². The summed E-state index contributed by atoms with van der Waals surface area (Å²) in [7, 11) is 6.09. The molecule has 2 aromatic rings. The van der Waals surface area contributed by atoms with Crippen LogP contribution in [0.25, 0.3) is 11.1 Å². The zero-order valence-electron chi connectivity index (χ0n) is 20.9. The number of rotatable bonds is 5. The first-order valence-corrected chi connectivity index (χ1v) is 11.4. The van der Waals surface area contributed by atoms with Gasteiger partial charge in [-0.3, -0.25) is 9.59 Å². The number of fused-ring (bicyclic) bond motifs is 5. The van der Waals surface area contributed by atoms with Crippen molar-refractivity contribution in [3.8, 4) is 22.6 Å². The van der Waals surface area contributed by atoms with Crippen LogP contribution in [0.15, 0.2) is 36.4 Å². The predicted molar refractivity (Wildman–Crippen MR) is 131 cm³/mol. The van der Waals surface area contributed by atoms with E-state index < -0.39 is 30.0 Å². The number of ether oxygens (including phenoxy) is 3. The predicted octanol–water partition coefficient (Wildman–Crippen LogP) is 1.99. The molecule has 0 radical (unpaired) electrons. The van der Waals surface area contributed by atoms with Crippen LogP contribution in [-0.4, -0.2) is 58.2 Å². The molecule has 1 aliphatic rings. The summed E-state index contributed by atoms with van der Waals surface area (Å²) < 4.78 is 16.2. The van der Waals surface area contributed by atoms with Crippen LogP contribution in [-0.2, 0) is 25.5 Å². The first kappa shape index (κ1) is 26.0. The molecule has 0 fully saturated rings. The molecule has 3 rings (SSSR count). The Kier molecular flexibility index (Phi) is 8.34. The van der Waals surface area contributed by atoms with Gasteiger partial charge in [-0.25, -0.2) is 4.79 Å². The minimum absolute atomic E-state index is 0.190. The van der Waals surface area contributed by atoms with Crippen LogP contribution in [0.3, 0.4) is 0 Å². The zero-order chi connectivity index (χ0) is 25.7. The van der Waals surface area contributed by atoms with Crippen LogP contribution < -0.4 is 25.4 Å². The molecule has 0 spiro atoms. The third-order valence-corrected chi connectivity index (χ3v) is 6.15. The molecule has 0 saturated heterocycles. The van der Waals surface area contributed by atoms with Gasteiger partial charge >= 0.3 is 5.97 Å². The molecular formula is C26H33N3O6. The van der Waals surface area contributed by atoms with Crippen LogP contribution in [0, 0.1) is 5.92 Å². The molecular weight excluding hydrogens is 450 g/mol. The van der Waals surface area contributed by atoms with Crippen molar-refractivity contribution in [2.45, 2.75) is 38.4 Å². The van der Waals surface area contributed by atoms with Gasteiger partial charge in [-0.1, -0.05) is 26.0 Å². The van der Waals surface area contributed by atoms with Gasteiger partial charge in [0.2, 0.25) is 11.8 Å². The number of carbonyl (C=O) groups is 3. The molecule has 0 saturated carbocycles. The summed E-state index contributed by atoms with van der Waals surface area (Å²) in [5.41, 5.74) is 2.94. The molecule has 9 heteroatoms. The lowest BCUT2D eigenvalue weighted by Crippen LogP contribution is -2.55. The smallest absolute Gasteiger partial charge is 0.328 e. The van der Waals surface area contributed by atoms with Gasteiger partial charge in [0, 0.05) is 17.5 Å². The van der Waals surface area contributed by atoms with Gasteiger partial charge in [-0.15, -0.1) is 0 Å². The lowest BCUT2D eigenvalue weighted by Gasteiger charge is -2.27. The monoisotopic (exact) mass is 483 g/mol. The maximum Gasteiger partial charge on any atom is 0.328 e. The van der Waals surface area contributed by atoms with Crippen molar-refractivity contribution in [1.82, 2.24) is 16.0 Å². The summed E-state index contributed by atoms with van der Waals surface area (Å²) in [4.78, 5) is 39.1. The summed E-state index contributed by atoms with van der Waals surface area (Å²) in [5.74, 6) is -0.430. The maximum atomic E-state index is 13.3. The molecule has 4 bridgehead atoms. The number of hydrogen-bond acceptors (Lipinski definition) is 7. The molecule has 1 heterocycles. The van der Waals surface area contributed by atoms with E-state index in [1.54, 1.807) is 33.4 Å². The first-order valence-electron chi connectivity index (χ1n) is 11.4. The van der Waals surface area contributed by atoms with E-state index in [1.165, 1.54) is 7.11 Å². The number of hydrogen-bond donors (Lipinski definition) is 3. The third kappa shape index (κ3) is 5.57. The van der Waals surface area contributed by atoms with Crippen LogP contribution in [0.1, 0.15) is 31.0 Å². The van der Waals surface area contributed by atoms with Crippen molar-refractivity contribution in [2.75, 3.05) is 28.4 Å². The fraction of sp³-hybridized carbons (Fsp3) is 0.423. The van der Waals surface area contributed by atoms with E-state index in [0.29, 0.717) is 17.1 Å². The standard InChI is InChI=1S/C26H33N3O6/c1-14(2)22-24(30)28-19(26(32)35-6)12-15-7-9-20(33-4)17(11-15)18-13-16(8-10-21(18)34-5)23(27-3)25(31)29-22/h7-11,13-14,19,22-23,27H,12H2,1-6H3,(H,28,30)(H,29,31)/t19?,22-,23?/m0/s1. The third-order valence-electron chi connectivity index (χ3n) is 6.15. The Hall–Kier alpha value is -3.59. The van der Waals surface area contributed by atoms with Gasteiger partial charge in [0.05, 0.1) is 21.3 Å². The molecule has 2 amide bonds. The van der Waals surface area contributed by atoms with Gasteiger partial charge in [0.1, 0.15) is 29.6 Å². The molecule has 9 nitrogen and oxygen atoms in total. The summed E-state index contributed by atoms with van der Waals surface area (Å²) in [6, 6.07) is 8.48. The highest BCUT2D eigenvalue weighted by Crippen LogP contribution is 2.39. The van der Waals surface area contributed by atoms with E-state index in [1.807, 2.05) is 38.1 Å². The molecule has 3 atom stereocenters. The van der Waals surface area contributed by atoms with Crippen molar-refractivity contribution < 1.29 is 28.6 Å². The van der Waals surface area contributed by atoms with Gasteiger partial charge in [-0.05, 0) is 48.4 Å². The summed E-state index contributed by atoms with van der Waals surface area (Å²) in [6.07, 6.45) is 0.190. The van der Waals surface area contributed by atoms with Crippen molar-refractivity contribution >= 4 is 17.8 Å². The maximum absolute atomic E-state index is 13.3. The molecule has 35 heavy (non-hydrogen) atoms. The van der Waals surface area contributed by atoms with Gasteiger partial charge in [0.15, 0.2) is 0 Å². The minimum atomic E-state index is -0.942. The van der Waals surface area contributed by atoms with E-state index in [4.69, 9.17) is 14.2 Å². The highest BCUT2D eigenvalue weighted by atomic mass is 16.5. The fourth-order valence-electron chi connectivity index (χ4n) is 4.26. The van der Waals surface area contributed by atoms with Crippen LogP contribution in [0.4, 0.5) is 0 Å². The SMILES string of the molecule is CNC1C(=O)N[C@@H](C(C)C)C(=O)NC(C(=O)OC)Cc2ccc(OC)c(c2)-c2cc1ccc2OC. The van der Waals surface area contributed by atoms with Crippen molar-refractivity contribution in [1.29, 1.82) is 0 Å². The van der Waals surface area contributed by atoms with Crippen molar-refractivity contribution in [3.63, 3.8) is 0 Å². The lowest BCUT2D eigenvalue weighted by molar-refractivity contribution is -0.145. The largest absolute Gasteiger partial charge is 0.496 e. The number of likely N-dealkylation sites (N-methyl/N-ethyl adjacent to an activating group) is 1. The number of nitrogens with one attached hydrogen (secondary N) is 3. The Morgan fingerprint density at radius 3 is 2.14 bits per heavy atom. The molecule has 2 unspecified atom stereocenters. The van der Waals surface area contributed by atoms with Gasteiger partial charge in [-0.2, -0.15) is 0 Å². The Balaban J connectivity index is 2.25. The topological polar surface area (TPSA) is 115 Å². The lowest BCUT2D eigenvalue weighted by atomic mass is 9.93. The molecule has 3 N–H and O–H groups in total. The number of esters is 1. The first-order chi connectivity index (χ1) is 16.7. The second-order valence-corrected chi connectivity index (χ2v) is 8.73. The quantitative estimate of drug-likeness (QED) is 0.557. The number of amides is 2. The molecule has 2 aromatic carbocycles. The number of methoxy groups -OCH3 is 3. The Bertz CT molecular complexity index is 1100. The highest BCUT2D eigenvalue weighted by Gasteiger charge is 2.32. The second kappa shape index (κ2) is 11.2. The van der Waals surface area contributed by atoms with Gasteiger partial charge < -0.3 is 30.2 Å². The Labute approximate surface area is 205 Å². The summed E-state index contributed by atoms with van der Waals surface area (Å²) in [6.45, 7) is 3.66. The average molecular weight is 484 g/mol. The van der Waals surface area contributed by atoms with E-state index >= 15 is 0 Å². The van der Waals surface area contributed by atoms with Crippen molar-refractivity contribution in [2.24, 2.45) is 5.92 Å². The Morgan fingerprint density at radius 2 is 1.57 bits per heavy atom. The van der Waals surface area contributed by atoms with Crippen LogP contribution in [0.5, 0.6) is 11.5 Å².